The Morgan fingerprint density at radius 3 is 2.56 bits per heavy atom. The maximum absolute atomic E-state index is 13.1. The predicted molar refractivity (Wildman–Crippen MR) is 96.3 cm³/mol. The summed E-state index contributed by atoms with van der Waals surface area (Å²) < 4.78 is 11.5. The van der Waals surface area contributed by atoms with Crippen LogP contribution in [0.2, 0.25) is 0 Å². The van der Waals surface area contributed by atoms with E-state index in [1.807, 2.05) is 30.3 Å². The summed E-state index contributed by atoms with van der Waals surface area (Å²) >= 11 is 0. The van der Waals surface area contributed by atoms with Crippen molar-refractivity contribution in [2.75, 3.05) is 0 Å². The fourth-order valence-electron chi connectivity index (χ4n) is 5.89. The zero-order valence-electron chi connectivity index (χ0n) is 15.4. The number of benzene rings is 1. The number of hydrogen-bond acceptors (Lipinski definition) is 6. The van der Waals surface area contributed by atoms with Gasteiger partial charge in [-0.1, -0.05) is 18.2 Å². The van der Waals surface area contributed by atoms with Crippen LogP contribution in [0, 0.1) is 17.3 Å². The third-order valence-corrected chi connectivity index (χ3v) is 6.56. The monoisotopic (exact) mass is 368 g/mol. The molecule has 6 heteroatoms. The van der Waals surface area contributed by atoms with Crippen molar-refractivity contribution >= 4 is 5.97 Å². The van der Waals surface area contributed by atoms with Crippen molar-refractivity contribution in [3.63, 3.8) is 0 Å². The molecule has 1 N–H and O–H groups in total. The molecule has 6 nitrogen and oxygen atoms in total. The Kier molecular flexibility index (Phi) is 3.69. The highest BCUT2D eigenvalue weighted by molar-refractivity contribution is 5.78. The van der Waals surface area contributed by atoms with Gasteiger partial charge in [0.1, 0.15) is 0 Å². The summed E-state index contributed by atoms with van der Waals surface area (Å²) in [6, 6.07) is 9.51. The number of carbonyl (C=O) groups is 1. The van der Waals surface area contributed by atoms with Crippen LogP contribution in [0.3, 0.4) is 0 Å². The summed E-state index contributed by atoms with van der Waals surface area (Å²) in [7, 11) is 0. The number of ether oxygens (including phenoxy) is 1. The molecule has 1 aromatic carbocycles. The lowest BCUT2D eigenvalue weighted by molar-refractivity contribution is -0.200. The summed E-state index contributed by atoms with van der Waals surface area (Å²) in [5, 5.41) is 19.0. The number of aromatic nitrogens is 2. The topological polar surface area (TPSA) is 85.5 Å². The smallest absolute Gasteiger partial charge is 0.312 e. The van der Waals surface area contributed by atoms with Crippen LogP contribution < -0.4 is 0 Å². The second-order valence-electron chi connectivity index (χ2n) is 8.82. The predicted octanol–water partition coefficient (Wildman–Crippen LogP) is 3.67. The van der Waals surface area contributed by atoms with Crippen molar-refractivity contribution in [1.29, 1.82) is 0 Å². The largest absolute Gasteiger partial charge is 0.452 e. The van der Waals surface area contributed by atoms with Crippen molar-refractivity contribution in [2.24, 2.45) is 17.3 Å². The summed E-state index contributed by atoms with van der Waals surface area (Å²) in [5.74, 6) is 1.37. The minimum Gasteiger partial charge on any atom is -0.452 e. The highest BCUT2D eigenvalue weighted by Crippen LogP contribution is 2.62. The van der Waals surface area contributed by atoms with Gasteiger partial charge in [0.15, 0.2) is 6.10 Å². The van der Waals surface area contributed by atoms with Gasteiger partial charge in [-0.05, 0) is 69.4 Å². The molecule has 0 amide bonds. The third kappa shape index (κ3) is 2.87. The fraction of sp³-hybridized carbons (Fsp3) is 0.571. The second-order valence-corrected chi connectivity index (χ2v) is 8.82. The lowest BCUT2D eigenvalue weighted by atomic mass is 9.48. The van der Waals surface area contributed by atoms with Crippen LogP contribution >= 0.6 is 0 Å². The lowest BCUT2D eigenvalue weighted by Crippen LogP contribution is -2.58. The van der Waals surface area contributed by atoms with Crippen LogP contribution in [0.5, 0.6) is 0 Å². The van der Waals surface area contributed by atoms with Crippen molar-refractivity contribution in [3.05, 3.63) is 36.2 Å². The van der Waals surface area contributed by atoms with E-state index in [9.17, 15) is 9.90 Å². The first-order valence-corrected chi connectivity index (χ1v) is 9.77. The minimum absolute atomic E-state index is 0.220. The zero-order chi connectivity index (χ0) is 18.6. The molecule has 4 aliphatic carbocycles. The Labute approximate surface area is 157 Å². The van der Waals surface area contributed by atoms with Crippen LogP contribution in [0.25, 0.3) is 11.5 Å². The number of rotatable bonds is 4. The molecule has 0 radical (unpaired) electrons. The molecule has 0 spiro atoms. The van der Waals surface area contributed by atoms with Crippen molar-refractivity contribution in [3.8, 4) is 11.5 Å². The van der Waals surface area contributed by atoms with Crippen molar-refractivity contribution < 1.29 is 19.1 Å². The van der Waals surface area contributed by atoms with E-state index in [-0.39, 0.29) is 5.97 Å². The van der Waals surface area contributed by atoms with Gasteiger partial charge in [0.05, 0.1) is 11.0 Å². The number of esters is 1. The average Bonchev–Trinajstić information content (AvgIpc) is 3.10. The van der Waals surface area contributed by atoms with Gasteiger partial charge in [0, 0.05) is 5.56 Å². The molecule has 0 aliphatic heterocycles. The van der Waals surface area contributed by atoms with Gasteiger partial charge in [-0.2, -0.15) is 0 Å². The number of carbonyl (C=O) groups excluding carboxylic acids is 1. The lowest BCUT2D eigenvalue weighted by Gasteiger charge is -2.58. The first-order valence-electron chi connectivity index (χ1n) is 9.77. The SMILES string of the molecule is CC(OC(=O)C12CC3CC(CC(O)(C3)C1)C2)c1nnc(-c2ccccc2)o1. The second kappa shape index (κ2) is 5.89. The van der Waals surface area contributed by atoms with Crippen LogP contribution in [-0.4, -0.2) is 26.9 Å². The van der Waals surface area contributed by atoms with E-state index in [0.29, 0.717) is 30.0 Å². The summed E-state index contributed by atoms with van der Waals surface area (Å²) in [6.07, 6.45) is 4.38. The van der Waals surface area contributed by atoms with E-state index in [0.717, 1.165) is 37.7 Å². The van der Waals surface area contributed by atoms with Crippen LogP contribution in [0.1, 0.15) is 57.4 Å². The molecule has 4 saturated carbocycles. The molecule has 4 bridgehead atoms. The molecule has 1 heterocycles. The molecule has 6 rings (SSSR count). The Hall–Kier alpha value is -2.21. The molecule has 3 unspecified atom stereocenters. The quantitative estimate of drug-likeness (QED) is 0.829. The molecule has 1 aromatic heterocycles. The maximum Gasteiger partial charge on any atom is 0.312 e. The number of aliphatic hydroxyl groups is 1. The van der Waals surface area contributed by atoms with Crippen molar-refractivity contribution in [1.82, 2.24) is 10.2 Å². The summed E-state index contributed by atoms with van der Waals surface area (Å²) in [6.45, 7) is 1.76. The highest BCUT2D eigenvalue weighted by Gasteiger charge is 2.61. The van der Waals surface area contributed by atoms with Crippen LogP contribution in [0.15, 0.2) is 34.7 Å². The zero-order valence-corrected chi connectivity index (χ0v) is 15.4. The molecular weight excluding hydrogens is 344 g/mol. The Bertz CT molecular complexity index is 848. The van der Waals surface area contributed by atoms with Gasteiger partial charge in [-0.25, -0.2) is 0 Å². The molecule has 4 aliphatic rings. The standard InChI is InChI=1S/C21H24N2O4/c1-13(17-22-23-18(27-17)16-5-3-2-4-6-16)26-19(24)20-8-14-7-15(9-20)11-21(25,10-14)12-20/h2-6,13-15,25H,7-12H2,1H3. The Balaban J connectivity index is 1.32. The molecule has 4 fully saturated rings. The highest BCUT2D eigenvalue weighted by atomic mass is 16.6. The van der Waals surface area contributed by atoms with Gasteiger partial charge >= 0.3 is 5.97 Å². The average molecular weight is 368 g/mol. The molecule has 27 heavy (non-hydrogen) atoms. The first-order chi connectivity index (χ1) is 12.9. The maximum atomic E-state index is 13.1. The van der Waals surface area contributed by atoms with Crippen LogP contribution in [-0.2, 0) is 9.53 Å². The van der Waals surface area contributed by atoms with Crippen molar-refractivity contribution in [2.45, 2.75) is 57.2 Å². The van der Waals surface area contributed by atoms with Gasteiger partial charge in [0.25, 0.3) is 5.89 Å². The molecule has 2 aromatic rings. The molecule has 142 valence electrons. The van der Waals surface area contributed by atoms with Gasteiger partial charge in [0.2, 0.25) is 5.89 Å². The van der Waals surface area contributed by atoms with Gasteiger partial charge in [-0.15, -0.1) is 10.2 Å². The van der Waals surface area contributed by atoms with E-state index in [4.69, 9.17) is 9.15 Å². The molecule has 0 saturated heterocycles. The Morgan fingerprint density at radius 1 is 1.19 bits per heavy atom. The van der Waals surface area contributed by atoms with Gasteiger partial charge in [-0.3, -0.25) is 4.79 Å². The number of nitrogens with zero attached hydrogens (tertiary/aromatic N) is 2. The van der Waals surface area contributed by atoms with Gasteiger partial charge < -0.3 is 14.3 Å². The Morgan fingerprint density at radius 2 is 1.89 bits per heavy atom. The third-order valence-electron chi connectivity index (χ3n) is 6.56. The van der Waals surface area contributed by atoms with E-state index in [2.05, 4.69) is 10.2 Å². The normalized spacial score (nSPS) is 35.2. The summed E-state index contributed by atoms with van der Waals surface area (Å²) in [5.41, 5.74) is -0.398. The minimum atomic E-state index is -0.683. The van der Waals surface area contributed by atoms with Crippen LogP contribution in [0.4, 0.5) is 0 Å². The summed E-state index contributed by atoms with van der Waals surface area (Å²) in [4.78, 5) is 13.1. The number of hydrogen-bond donors (Lipinski definition) is 1. The van der Waals surface area contributed by atoms with E-state index < -0.39 is 17.1 Å². The van der Waals surface area contributed by atoms with E-state index in [1.165, 1.54) is 0 Å². The molecule has 3 atom stereocenters. The fourth-order valence-corrected chi connectivity index (χ4v) is 5.89. The first kappa shape index (κ1) is 16.9. The van der Waals surface area contributed by atoms with E-state index >= 15 is 0 Å². The van der Waals surface area contributed by atoms with E-state index in [1.54, 1.807) is 6.92 Å². The molecular formula is C21H24N2O4.